The van der Waals surface area contributed by atoms with Gasteiger partial charge in [0.25, 0.3) is 0 Å². The first-order valence-electron chi connectivity index (χ1n) is 6.44. The first kappa shape index (κ1) is 13.4. The van der Waals surface area contributed by atoms with Gasteiger partial charge in [-0.05, 0) is 24.1 Å². The minimum absolute atomic E-state index is 0.0981. The Morgan fingerprint density at radius 3 is 2.84 bits per heavy atom. The molecule has 0 radical (unpaired) electrons. The summed E-state index contributed by atoms with van der Waals surface area (Å²) in [6, 6.07) is 5.56. The average Bonchev–Trinajstić information content (AvgIpc) is 2.61. The van der Waals surface area contributed by atoms with E-state index in [0.29, 0.717) is 18.2 Å². The molecule has 3 N–H and O–H groups in total. The predicted octanol–water partition coefficient (Wildman–Crippen LogP) is 2.29. The monoisotopic (exact) mass is 261 g/mol. The summed E-state index contributed by atoms with van der Waals surface area (Å²) < 4.78 is 1.99. The number of hydrogen-bond acceptors (Lipinski definition) is 3. The summed E-state index contributed by atoms with van der Waals surface area (Å²) in [5.41, 5.74) is 8.22. The second-order valence-corrected chi connectivity index (χ2v) is 5.17. The van der Waals surface area contributed by atoms with E-state index < -0.39 is 5.97 Å². The van der Waals surface area contributed by atoms with E-state index in [-0.39, 0.29) is 6.42 Å². The van der Waals surface area contributed by atoms with Gasteiger partial charge in [0.2, 0.25) is 0 Å². The highest BCUT2D eigenvalue weighted by atomic mass is 16.4. The van der Waals surface area contributed by atoms with E-state index in [4.69, 9.17) is 10.8 Å². The van der Waals surface area contributed by atoms with Crippen LogP contribution in [0.3, 0.4) is 0 Å². The van der Waals surface area contributed by atoms with Gasteiger partial charge in [0.05, 0.1) is 17.5 Å². The molecule has 5 nitrogen and oxygen atoms in total. The van der Waals surface area contributed by atoms with Gasteiger partial charge in [-0.15, -0.1) is 0 Å². The topological polar surface area (TPSA) is 81.1 Å². The quantitative estimate of drug-likeness (QED) is 0.809. The SMILES string of the molecule is CC(C)Cc1nc2cc(N)ccc2n1CCC(=O)O. The normalized spacial score (nSPS) is 11.3. The Kier molecular flexibility index (Phi) is 3.74. The highest BCUT2D eigenvalue weighted by Gasteiger charge is 2.13. The van der Waals surface area contributed by atoms with Crippen molar-refractivity contribution in [3.05, 3.63) is 24.0 Å². The van der Waals surface area contributed by atoms with Crippen LogP contribution in [0, 0.1) is 5.92 Å². The lowest BCUT2D eigenvalue weighted by Gasteiger charge is -2.09. The molecule has 0 spiro atoms. The number of aliphatic carboxylic acids is 1. The third-order valence-electron chi connectivity index (χ3n) is 2.99. The molecular formula is C14H19N3O2. The first-order chi connectivity index (χ1) is 8.97. The van der Waals surface area contributed by atoms with E-state index >= 15 is 0 Å². The zero-order chi connectivity index (χ0) is 14.0. The number of anilines is 1. The fourth-order valence-electron chi connectivity index (χ4n) is 2.17. The number of aryl methyl sites for hydroxylation is 1. The largest absolute Gasteiger partial charge is 0.481 e. The van der Waals surface area contributed by atoms with E-state index in [2.05, 4.69) is 18.8 Å². The lowest BCUT2D eigenvalue weighted by molar-refractivity contribution is -0.137. The number of carbonyl (C=O) groups is 1. The summed E-state index contributed by atoms with van der Waals surface area (Å²) in [5, 5.41) is 8.85. The van der Waals surface area contributed by atoms with Crippen molar-refractivity contribution in [1.82, 2.24) is 9.55 Å². The molecule has 1 heterocycles. The molecule has 102 valence electrons. The summed E-state index contributed by atoms with van der Waals surface area (Å²) in [7, 11) is 0. The Bertz CT molecular complexity index is 602. The molecule has 0 aliphatic rings. The number of nitrogens with zero attached hydrogens (tertiary/aromatic N) is 2. The van der Waals surface area contributed by atoms with Gasteiger partial charge in [-0.1, -0.05) is 13.8 Å². The van der Waals surface area contributed by atoms with Crippen molar-refractivity contribution in [2.24, 2.45) is 5.92 Å². The first-order valence-corrected chi connectivity index (χ1v) is 6.44. The molecule has 2 aromatic rings. The number of carboxylic acids is 1. The maximum Gasteiger partial charge on any atom is 0.305 e. The summed E-state index contributed by atoms with van der Waals surface area (Å²) >= 11 is 0. The van der Waals surface area contributed by atoms with Crippen LogP contribution in [0.2, 0.25) is 0 Å². The lowest BCUT2D eigenvalue weighted by atomic mass is 10.1. The van der Waals surface area contributed by atoms with E-state index in [1.807, 2.05) is 22.8 Å². The van der Waals surface area contributed by atoms with Gasteiger partial charge in [0, 0.05) is 18.7 Å². The van der Waals surface area contributed by atoms with Crippen LogP contribution < -0.4 is 5.73 Å². The van der Waals surface area contributed by atoms with Crippen LogP contribution >= 0.6 is 0 Å². The Labute approximate surface area is 112 Å². The number of carboxylic acid groups (broad SMARTS) is 1. The van der Waals surface area contributed by atoms with Gasteiger partial charge in [0.15, 0.2) is 0 Å². The van der Waals surface area contributed by atoms with Gasteiger partial charge in [-0.25, -0.2) is 4.98 Å². The highest BCUT2D eigenvalue weighted by Crippen LogP contribution is 2.21. The Balaban J connectivity index is 2.45. The van der Waals surface area contributed by atoms with Crippen molar-refractivity contribution in [2.45, 2.75) is 33.2 Å². The molecule has 0 bridgehead atoms. The fraction of sp³-hybridized carbons (Fsp3) is 0.429. The Morgan fingerprint density at radius 1 is 1.47 bits per heavy atom. The minimum Gasteiger partial charge on any atom is -0.481 e. The van der Waals surface area contributed by atoms with Crippen molar-refractivity contribution < 1.29 is 9.90 Å². The van der Waals surface area contributed by atoms with Gasteiger partial charge >= 0.3 is 5.97 Å². The Morgan fingerprint density at radius 2 is 2.21 bits per heavy atom. The van der Waals surface area contributed by atoms with Crippen LogP contribution in [0.4, 0.5) is 5.69 Å². The fourth-order valence-corrected chi connectivity index (χ4v) is 2.17. The van der Waals surface area contributed by atoms with Gasteiger partial charge in [0.1, 0.15) is 5.82 Å². The Hall–Kier alpha value is -2.04. The number of rotatable bonds is 5. The van der Waals surface area contributed by atoms with E-state index in [0.717, 1.165) is 23.3 Å². The molecule has 0 saturated heterocycles. The van der Waals surface area contributed by atoms with Crippen LogP contribution in [0.1, 0.15) is 26.1 Å². The predicted molar refractivity (Wildman–Crippen MR) is 74.9 cm³/mol. The molecule has 19 heavy (non-hydrogen) atoms. The number of nitrogen functional groups attached to an aromatic ring is 1. The molecule has 1 aromatic carbocycles. The molecular weight excluding hydrogens is 242 g/mol. The molecule has 0 unspecified atom stereocenters. The molecule has 0 fully saturated rings. The van der Waals surface area contributed by atoms with Crippen molar-refractivity contribution in [1.29, 1.82) is 0 Å². The van der Waals surface area contributed by atoms with Gasteiger partial charge in [-0.2, -0.15) is 0 Å². The molecule has 0 amide bonds. The van der Waals surface area contributed by atoms with Gasteiger partial charge < -0.3 is 15.4 Å². The summed E-state index contributed by atoms with van der Waals surface area (Å²) in [4.78, 5) is 15.3. The third kappa shape index (κ3) is 3.05. The molecule has 1 aromatic heterocycles. The number of benzene rings is 1. The summed E-state index contributed by atoms with van der Waals surface area (Å²) in [5.74, 6) is 0.599. The zero-order valence-corrected chi connectivity index (χ0v) is 11.3. The molecule has 0 atom stereocenters. The lowest BCUT2D eigenvalue weighted by Crippen LogP contribution is -2.10. The standard InChI is InChI=1S/C14H19N3O2/c1-9(2)7-13-16-11-8-10(15)3-4-12(11)17(13)6-5-14(18)19/h3-4,8-9H,5-7,15H2,1-2H3,(H,18,19). The van der Waals surface area contributed by atoms with Crippen LogP contribution in [0.15, 0.2) is 18.2 Å². The van der Waals surface area contributed by atoms with Crippen molar-refractivity contribution in [3.63, 3.8) is 0 Å². The second-order valence-electron chi connectivity index (χ2n) is 5.17. The molecule has 5 heteroatoms. The summed E-state index contributed by atoms with van der Waals surface area (Å²) in [6.07, 6.45) is 0.926. The number of hydrogen-bond donors (Lipinski definition) is 2. The van der Waals surface area contributed by atoms with E-state index in [1.165, 1.54) is 0 Å². The average molecular weight is 261 g/mol. The van der Waals surface area contributed by atoms with Crippen molar-refractivity contribution in [3.8, 4) is 0 Å². The number of fused-ring (bicyclic) bond motifs is 1. The summed E-state index contributed by atoms with van der Waals surface area (Å²) in [6.45, 7) is 4.68. The third-order valence-corrected chi connectivity index (χ3v) is 2.99. The number of nitrogens with two attached hydrogens (primary N) is 1. The zero-order valence-electron chi connectivity index (χ0n) is 11.3. The molecule has 0 saturated carbocycles. The highest BCUT2D eigenvalue weighted by molar-refractivity contribution is 5.80. The van der Waals surface area contributed by atoms with Crippen LogP contribution in [-0.2, 0) is 17.8 Å². The van der Waals surface area contributed by atoms with Crippen LogP contribution in [0.25, 0.3) is 11.0 Å². The van der Waals surface area contributed by atoms with Crippen LogP contribution in [-0.4, -0.2) is 20.6 Å². The molecule has 0 aliphatic heterocycles. The number of aromatic nitrogens is 2. The van der Waals surface area contributed by atoms with Gasteiger partial charge in [-0.3, -0.25) is 4.79 Å². The minimum atomic E-state index is -0.798. The van der Waals surface area contributed by atoms with E-state index in [9.17, 15) is 4.79 Å². The van der Waals surface area contributed by atoms with Crippen LogP contribution in [0.5, 0.6) is 0 Å². The molecule has 0 aliphatic carbocycles. The van der Waals surface area contributed by atoms with E-state index in [1.54, 1.807) is 0 Å². The smallest absolute Gasteiger partial charge is 0.305 e. The maximum atomic E-state index is 10.8. The second kappa shape index (κ2) is 5.30. The van der Waals surface area contributed by atoms with Crippen molar-refractivity contribution >= 4 is 22.7 Å². The number of imidazole rings is 1. The maximum absolute atomic E-state index is 10.8. The van der Waals surface area contributed by atoms with Crippen molar-refractivity contribution in [2.75, 3.05) is 5.73 Å². The molecule has 2 rings (SSSR count).